The van der Waals surface area contributed by atoms with Crippen molar-refractivity contribution in [3.8, 4) is 5.75 Å². The van der Waals surface area contributed by atoms with Crippen LogP contribution in [-0.2, 0) is 6.42 Å². The van der Waals surface area contributed by atoms with Gasteiger partial charge in [0, 0.05) is 32.5 Å². The molecule has 1 saturated heterocycles. The Hall–Kier alpha value is -1.96. The molecule has 0 bridgehead atoms. The van der Waals surface area contributed by atoms with Crippen molar-refractivity contribution in [3.05, 3.63) is 29.8 Å². The van der Waals surface area contributed by atoms with Gasteiger partial charge < -0.3 is 20.4 Å². The number of hydrogen-bond donors (Lipinski definition) is 3. The maximum absolute atomic E-state index is 12.7. The highest BCUT2D eigenvalue weighted by molar-refractivity contribution is 5.74. The normalized spacial score (nSPS) is 17.6. The second kappa shape index (κ2) is 7.29. The van der Waals surface area contributed by atoms with Crippen LogP contribution in [0.3, 0.4) is 0 Å². The average molecular weight is 346 g/mol. The molecule has 0 unspecified atom stereocenters. The van der Waals surface area contributed by atoms with Crippen molar-refractivity contribution in [2.24, 2.45) is 0 Å². The fraction of sp³-hybridized carbons (Fsp3) is 0.562. The number of carbonyl (C=O) groups is 1. The Morgan fingerprint density at radius 1 is 1.21 bits per heavy atom. The average Bonchev–Trinajstić information content (AvgIpc) is 2.52. The molecule has 0 saturated carbocycles. The number of alkyl halides is 3. The summed E-state index contributed by atoms with van der Waals surface area (Å²) in [5, 5.41) is 21.4. The van der Waals surface area contributed by atoms with E-state index in [1.165, 1.54) is 4.90 Å². The Morgan fingerprint density at radius 2 is 1.79 bits per heavy atom. The van der Waals surface area contributed by atoms with E-state index in [-0.39, 0.29) is 18.8 Å². The van der Waals surface area contributed by atoms with Crippen LogP contribution >= 0.6 is 0 Å². The number of phenolic OH excluding ortho intramolecular Hbond substituents is 1. The largest absolute Gasteiger partial charge is 0.508 e. The number of aliphatic hydroxyl groups is 1. The first kappa shape index (κ1) is 18.4. The third-order valence-corrected chi connectivity index (χ3v) is 4.26. The van der Waals surface area contributed by atoms with Crippen molar-refractivity contribution >= 4 is 6.03 Å². The molecule has 0 spiro atoms. The van der Waals surface area contributed by atoms with E-state index < -0.39 is 30.7 Å². The fourth-order valence-corrected chi connectivity index (χ4v) is 2.63. The Balaban J connectivity index is 1.69. The quantitative estimate of drug-likeness (QED) is 0.733. The molecule has 0 aliphatic carbocycles. The molecule has 1 aliphatic rings. The topological polar surface area (TPSA) is 72.8 Å². The molecule has 0 radical (unpaired) electrons. The number of aryl methyl sites for hydroxylation is 1. The number of phenols is 1. The number of nitrogens with one attached hydrogen (secondary N) is 1. The van der Waals surface area contributed by atoms with E-state index in [2.05, 4.69) is 5.32 Å². The van der Waals surface area contributed by atoms with Crippen molar-refractivity contribution in [2.75, 3.05) is 19.6 Å². The van der Waals surface area contributed by atoms with Gasteiger partial charge in [0.15, 0.2) is 5.60 Å². The molecule has 1 aliphatic heterocycles. The molecular formula is C16H21F3N2O3. The first-order valence-corrected chi connectivity index (χ1v) is 7.81. The van der Waals surface area contributed by atoms with Gasteiger partial charge in [0.05, 0.1) is 0 Å². The van der Waals surface area contributed by atoms with E-state index in [0.717, 1.165) is 5.56 Å². The predicted molar refractivity (Wildman–Crippen MR) is 81.6 cm³/mol. The van der Waals surface area contributed by atoms with Crippen LogP contribution in [0.15, 0.2) is 24.3 Å². The van der Waals surface area contributed by atoms with E-state index in [0.29, 0.717) is 19.4 Å². The van der Waals surface area contributed by atoms with Gasteiger partial charge in [-0.05, 0) is 30.5 Å². The predicted octanol–water partition coefficient (Wildman–Crippen LogP) is 2.42. The Bertz CT molecular complexity index is 553. The maximum atomic E-state index is 12.7. The van der Waals surface area contributed by atoms with Crippen molar-refractivity contribution in [1.29, 1.82) is 0 Å². The molecule has 0 aromatic heterocycles. The lowest BCUT2D eigenvalue weighted by Crippen LogP contribution is -2.55. The maximum Gasteiger partial charge on any atom is 0.417 e. The SMILES string of the molecule is O=C(NCCCc1ccc(O)cc1)N1CCC(O)(C(F)(F)F)CC1. The van der Waals surface area contributed by atoms with Crippen molar-refractivity contribution in [1.82, 2.24) is 10.2 Å². The summed E-state index contributed by atoms with van der Waals surface area (Å²) in [5.74, 6) is 0.191. The molecule has 134 valence electrons. The highest BCUT2D eigenvalue weighted by atomic mass is 19.4. The Kier molecular flexibility index (Phi) is 5.58. The number of carbonyl (C=O) groups excluding carboxylic acids is 1. The van der Waals surface area contributed by atoms with Crippen molar-refractivity contribution in [3.63, 3.8) is 0 Å². The Labute approximate surface area is 138 Å². The van der Waals surface area contributed by atoms with Gasteiger partial charge in [0.25, 0.3) is 0 Å². The summed E-state index contributed by atoms with van der Waals surface area (Å²) in [6.45, 7) is 0.152. The van der Waals surface area contributed by atoms with E-state index >= 15 is 0 Å². The van der Waals surface area contributed by atoms with Gasteiger partial charge in [-0.3, -0.25) is 0 Å². The van der Waals surface area contributed by atoms with Crippen LogP contribution in [0.1, 0.15) is 24.8 Å². The first-order chi connectivity index (χ1) is 11.2. The summed E-state index contributed by atoms with van der Waals surface area (Å²) >= 11 is 0. The van der Waals surface area contributed by atoms with E-state index in [4.69, 9.17) is 0 Å². The molecule has 1 heterocycles. The van der Waals surface area contributed by atoms with Crippen LogP contribution < -0.4 is 5.32 Å². The van der Waals surface area contributed by atoms with Crippen LogP contribution in [0.5, 0.6) is 5.75 Å². The highest BCUT2D eigenvalue weighted by Gasteiger charge is 2.54. The third kappa shape index (κ3) is 4.53. The number of piperidine rings is 1. The van der Waals surface area contributed by atoms with Crippen LogP contribution in [0.4, 0.5) is 18.0 Å². The number of hydrogen-bond acceptors (Lipinski definition) is 3. The summed E-state index contributed by atoms with van der Waals surface area (Å²) in [6, 6.07) is 6.34. The summed E-state index contributed by atoms with van der Waals surface area (Å²) in [7, 11) is 0. The van der Waals surface area contributed by atoms with Crippen molar-refractivity contribution in [2.45, 2.75) is 37.5 Å². The fourth-order valence-electron chi connectivity index (χ4n) is 2.63. The van der Waals surface area contributed by atoms with E-state index in [1.54, 1.807) is 24.3 Å². The standard InChI is InChI=1S/C16H21F3N2O3/c17-16(18,19)15(24)7-10-21(11-8-15)14(23)20-9-1-2-12-3-5-13(22)6-4-12/h3-6,22,24H,1-2,7-11H2,(H,20,23). The smallest absolute Gasteiger partial charge is 0.417 e. The number of halogens is 3. The minimum absolute atomic E-state index is 0.125. The number of aromatic hydroxyl groups is 1. The van der Waals surface area contributed by atoms with Gasteiger partial charge >= 0.3 is 12.2 Å². The molecule has 5 nitrogen and oxygen atoms in total. The zero-order chi connectivity index (χ0) is 17.8. The van der Waals surface area contributed by atoms with E-state index in [9.17, 15) is 28.2 Å². The molecule has 1 aromatic rings. The number of rotatable bonds is 4. The lowest BCUT2D eigenvalue weighted by molar-refractivity contribution is -0.271. The summed E-state index contributed by atoms with van der Waals surface area (Å²) in [6.07, 6.45) is -4.28. The molecule has 2 amide bonds. The lowest BCUT2D eigenvalue weighted by atomic mass is 9.91. The third-order valence-electron chi connectivity index (χ3n) is 4.26. The monoisotopic (exact) mass is 346 g/mol. The summed E-state index contributed by atoms with van der Waals surface area (Å²) in [4.78, 5) is 13.2. The number of amides is 2. The molecule has 3 N–H and O–H groups in total. The van der Waals surface area contributed by atoms with Crippen LogP contribution in [0.25, 0.3) is 0 Å². The zero-order valence-electron chi connectivity index (χ0n) is 13.1. The molecule has 2 rings (SSSR count). The van der Waals surface area contributed by atoms with Crippen LogP contribution in [-0.4, -0.2) is 52.6 Å². The number of likely N-dealkylation sites (tertiary alicyclic amines) is 1. The van der Waals surface area contributed by atoms with Gasteiger partial charge in [-0.1, -0.05) is 12.1 Å². The molecule has 8 heteroatoms. The van der Waals surface area contributed by atoms with Gasteiger partial charge in [-0.25, -0.2) is 4.79 Å². The number of nitrogens with zero attached hydrogens (tertiary/aromatic N) is 1. The van der Waals surface area contributed by atoms with Gasteiger partial charge in [-0.15, -0.1) is 0 Å². The number of urea groups is 1. The summed E-state index contributed by atoms with van der Waals surface area (Å²) in [5.41, 5.74) is -1.67. The van der Waals surface area contributed by atoms with Crippen LogP contribution in [0.2, 0.25) is 0 Å². The van der Waals surface area contributed by atoms with Gasteiger partial charge in [-0.2, -0.15) is 13.2 Å². The second-order valence-electron chi connectivity index (χ2n) is 6.02. The molecule has 0 atom stereocenters. The van der Waals surface area contributed by atoms with E-state index in [1.807, 2.05) is 0 Å². The second-order valence-corrected chi connectivity index (χ2v) is 6.02. The highest BCUT2D eigenvalue weighted by Crippen LogP contribution is 2.38. The van der Waals surface area contributed by atoms with Gasteiger partial charge in [0.1, 0.15) is 5.75 Å². The molecule has 1 fully saturated rings. The lowest BCUT2D eigenvalue weighted by Gasteiger charge is -2.39. The molecular weight excluding hydrogens is 325 g/mol. The minimum Gasteiger partial charge on any atom is -0.508 e. The molecule has 24 heavy (non-hydrogen) atoms. The van der Waals surface area contributed by atoms with Crippen LogP contribution in [0, 0.1) is 0 Å². The first-order valence-electron chi connectivity index (χ1n) is 7.81. The zero-order valence-corrected chi connectivity index (χ0v) is 13.1. The number of benzene rings is 1. The molecule has 1 aromatic carbocycles. The van der Waals surface area contributed by atoms with Crippen molar-refractivity contribution < 1.29 is 28.2 Å². The van der Waals surface area contributed by atoms with Gasteiger partial charge in [0.2, 0.25) is 0 Å². The minimum atomic E-state index is -4.67. The Morgan fingerprint density at radius 3 is 2.33 bits per heavy atom. The summed E-state index contributed by atoms with van der Waals surface area (Å²) < 4.78 is 38.1.